The predicted octanol–water partition coefficient (Wildman–Crippen LogP) is 1.64. The van der Waals surface area contributed by atoms with Gasteiger partial charge in [-0.3, -0.25) is 9.59 Å². The number of pyridine rings is 1. The largest absolute Gasteiger partial charge is 0.341 e. The van der Waals surface area contributed by atoms with Crippen molar-refractivity contribution in [2.75, 3.05) is 0 Å². The molecule has 3 heterocycles. The lowest BCUT2D eigenvalue weighted by atomic mass is 10.1. The van der Waals surface area contributed by atoms with Crippen LogP contribution in [0.5, 0.6) is 0 Å². The van der Waals surface area contributed by atoms with Gasteiger partial charge in [0.1, 0.15) is 5.82 Å². The van der Waals surface area contributed by atoms with Gasteiger partial charge in [-0.2, -0.15) is 0 Å². The minimum absolute atomic E-state index is 0.0345. The summed E-state index contributed by atoms with van der Waals surface area (Å²) >= 11 is 0. The Morgan fingerprint density at radius 2 is 1.80 bits per heavy atom. The minimum Gasteiger partial charge on any atom is -0.341 e. The van der Waals surface area contributed by atoms with Crippen molar-refractivity contribution in [2.24, 2.45) is 0 Å². The number of nitrogens with one attached hydrogen (secondary N) is 1. The number of benzene rings is 1. The van der Waals surface area contributed by atoms with Crippen LogP contribution in [-0.4, -0.2) is 37.8 Å². The van der Waals surface area contributed by atoms with Crippen LogP contribution in [0.1, 0.15) is 33.0 Å². The normalized spacial score (nSPS) is 13.4. The first-order valence-corrected chi connectivity index (χ1v) is 7.62. The van der Waals surface area contributed by atoms with Gasteiger partial charge in [-0.05, 0) is 24.3 Å². The van der Waals surface area contributed by atoms with Crippen molar-refractivity contribution in [3.63, 3.8) is 0 Å². The quantitative estimate of drug-likeness (QED) is 0.726. The number of carbonyl (C=O) groups is 3. The number of carbonyl (C=O) groups excluding carboxylic acids is 3. The molecule has 1 N–H and O–H groups in total. The van der Waals surface area contributed by atoms with Gasteiger partial charge in [-0.25, -0.2) is 14.8 Å². The van der Waals surface area contributed by atoms with E-state index in [2.05, 4.69) is 15.0 Å². The molecule has 2 aromatic heterocycles. The highest BCUT2D eigenvalue weighted by Crippen LogP contribution is 2.23. The van der Waals surface area contributed by atoms with E-state index in [1.54, 1.807) is 24.4 Å². The number of hydrogen-bond donors (Lipinski definition) is 1. The third-order valence-corrected chi connectivity index (χ3v) is 3.82. The van der Waals surface area contributed by atoms with Gasteiger partial charge in [0.2, 0.25) is 0 Å². The number of hydroxylamine groups is 2. The number of imidazole rings is 1. The molecule has 0 unspecified atom stereocenters. The number of fused-ring (bicyclic) bond motifs is 2. The standard InChI is InChI=1S/C17H12N4O4/c22-14(8-7-13-19-12-6-3-9-18-15(12)20-13)25-21-16(23)10-4-1-2-5-11(10)17(21)24/h1-6,9H,7-8H2,(H,18,19,20). The maximum Gasteiger partial charge on any atom is 0.333 e. The topological polar surface area (TPSA) is 105 Å². The van der Waals surface area contributed by atoms with Crippen molar-refractivity contribution >= 4 is 28.9 Å². The smallest absolute Gasteiger partial charge is 0.333 e. The third kappa shape index (κ3) is 2.63. The second-order valence-corrected chi connectivity index (χ2v) is 5.47. The van der Waals surface area contributed by atoms with E-state index in [4.69, 9.17) is 4.84 Å². The van der Waals surface area contributed by atoms with Gasteiger partial charge in [0, 0.05) is 12.6 Å². The van der Waals surface area contributed by atoms with Crippen LogP contribution in [0.15, 0.2) is 42.6 Å². The molecule has 0 spiro atoms. The third-order valence-electron chi connectivity index (χ3n) is 3.82. The summed E-state index contributed by atoms with van der Waals surface area (Å²) in [6.07, 6.45) is 1.87. The summed E-state index contributed by atoms with van der Waals surface area (Å²) in [7, 11) is 0. The van der Waals surface area contributed by atoms with E-state index in [9.17, 15) is 14.4 Å². The molecular weight excluding hydrogens is 324 g/mol. The van der Waals surface area contributed by atoms with Crippen LogP contribution in [0.25, 0.3) is 11.2 Å². The molecule has 0 aliphatic carbocycles. The zero-order valence-electron chi connectivity index (χ0n) is 12.9. The van der Waals surface area contributed by atoms with E-state index in [0.717, 1.165) is 5.52 Å². The molecule has 3 aromatic rings. The molecule has 1 aliphatic rings. The van der Waals surface area contributed by atoms with E-state index in [-0.39, 0.29) is 24.0 Å². The summed E-state index contributed by atoms with van der Waals surface area (Å²) in [6.45, 7) is 0. The van der Waals surface area contributed by atoms with E-state index in [1.807, 2.05) is 6.07 Å². The lowest BCUT2D eigenvalue weighted by Crippen LogP contribution is -2.32. The van der Waals surface area contributed by atoms with Crippen molar-refractivity contribution < 1.29 is 19.2 Å². The van der Waals surface area contributed by atoms with Crippen molar-refractivity contribution in [3.05, 3.63) is 59.5 Å². The van der Waals surface area contributed by atoms with Crippen LogP contribution in [0.3, 0.4) is 0 Å². The molecule has 0 saturated carbocycles. The predicted molar refractivity (Wildman–Crippen MR) is 85.2 cm³/mol. The van der Waals surface area contributed by atoms with Gasteiger partial charge >= 0.3 is 5.97 Å². The summed E-state index contributed by atoms with van der Waals surface area (Å²) in [6, 6.07) is 9.93. The maximum atomic E-state index is 12.1. The molecular formula is C17H12N4O4. The first-order chi connectivity index (χ1) is 12.1. The fourth-order valence-electron chi connectivity index (χ4n) is 2.63. The van der Waals surface area contributed by atoms with E-state index >= 15 is 0 Å². The molecule has 2 amide bonds. The summed E-state index contributed by atoms with van der Waals surface area (Å²) in [4.78, 5) is 52.6. The summed E-state index contributed by atoms with van der Waals surface area (Å²) in [5.74, 6) is -1.39. The number of nitrogens with zero attached hydrogens (tertiary/aromatic N) is 3. The van der Waals surface area contributed by atoms with Crippen LogP contribution < -0.4 is 0 Å². The second kappa shape index (κ2) is 5.82. The zero-order chi connectivity index (χ0) is 17.4. The van der Waals surface area contributed by atoms with Gasteiger partial charge in [0.05, 0.1) is 23.1 Å². The highest BCUT2D eigenvalue weighted by Gasteiger charge is 2.38. The highest BCUT2D eigenvalue weighted by molar-refractivity contribution is 6.20. The monoisotopic (exact) mass is 336 g/mol. The van der Waals surface area contributed by atoms with E-state index in [0.29, 0.717) is 16.5 Å². The lowest BCUT2D eigenvalue weighted by molar-refractivity contribution is -0.168. The molecule has 8 heteroatoms. The highest BCUT2D eigenvalue weighted by atomic mass is 16.7. The molecule has 25 heavy (non-hydrogen) atoms. The first kappa shape index (κ1) is 15.0. The Balaban J connectivity index is 1.41. The van der Waals surface area contributed by atoms with Gasteiger partial charge in [-0.15, -0.1) is 0 Å². The van der Waals surface area contributed by atoms with Crippen LogP contribution in [0.4, 0.5) is 0 Å². The Morgan fingerprint density at radius 1 is 1.08 bits per heavy atom. The van der Waals surface area contributed by atoms with Crippen LogP contribution in [0, 0.1) is 0 Å². The maximum absolute atomic E-state index is 12.1. The van der Waals surface area contributed by atoms with Crippen LogP contribution in [-0.2, 0) is 16.1 Å². The SMILES string of the molecule is O=C(CCc1nc2ncccc2[nH]1)ON1C(=O)c2ccccc2C1=O. The van der Waals surface area contributed by atoms with Gasteiger partial charge in [0.25, 0.3) is 11.8 Å². The summed E-state index contributed by atoms with van der Waals surface area (Å²) in [5.41, 5.74) is 1.78. The summed E-state index contributed by atoms with van der Waals surface area (Å²) < 4.78 is 0. The molecule has 0 radical (unpaired) electrons. The Kier molecular flexibility index (Phi) is 3.50. The van der Waals surface area contributed by atoms with E-state index < -0.39 is 17.8 Å². The summed E-state index contributed by atoms with van der Waals surface area (Å²) in [5, 5.41) is 0.507. The molecule has 1 aliphatic heterocycles. The molecule has 0 saturated heterocycles. The molecule has 0 bridgehead atoms. The number of imide groups is 1. The van der Waals surface area contributed by atoms with Gasteiger partial charge in [-0.1, -0.05) is 17.2 Å². The van der Waals surface area contributed by atoms with E-state index in [1.165, 1.54) is 12.1 Å². The molecule has 124 valence electrons. The first-order valence-electron chi connectivity index (χ1n) is 7.62. The number of H-pyrrole nitrogens is 1. The average molecular weight is 336 g/mol. The van der Waals surface area contributed by atoms with Crippen molar-refractivity contribution in [2.45, 2.75) is 12.8 Å². The van der Waals surface area contributed by atoms with Gasteiger partial charge < -0.3 is 9.82 Å². The number of rotatable bonds is 4. The van der Waals surface area contributed by atoms with Gasteiger partial charge in [0.15, 0.2) is 5.65 Å². The lowest BCUT2D eigenvalue weighted by Gasteiger charge is -2.12. The molecule has 0 atom stereocenters. The fraction of sp³-hybridized carbons (Fsp3) is 0.118. The Bertz CT molecular complexity index is 943. The second-order valence-electron chi connectivity index (χ2n) is 5.47. The Hall–Kier alpha value is -3.55. The van der Waals surface area contributed by atoms with Crippen molar-refractivity contribution in [3.8, 4) is 0 Å². The molecule has 4 rings (SSSR count). The number of aryl methyl sites for hydroxylation is 1. The number of amides is 2. The number of aromatic amines is 1. The number of aromatic nitrogens is 3. The zero-order valence-corrected chi connectivity index (χ0v) is 12.9. The fourth-order valence-corrected chi connectivity index (χ4v) is 2.63. The van der Waals surface area contributed by atoms with Crippen LogP contribution >= 0.6 is 0 Å². The van der Waals surface area contributed by atoms with Crippen molar-refractivity contribution in [1.29, 1.82) is 0 Å². The molecule has 0 fully saturated rings. The average Bonchev–Trinajstić information content (AvgIpc) is 3.15. The molecule has 8 nitrogen and oxygen atoms in total. The van der Waals surface area contributed by atoms with Crippen LogP contribution in [0.2, 0.25) is 0 Å². The Labute approximate surface area is 141 Å². The minimum atomic E-state index is -0.692. The van der Waals surface area contributed by atoms with Crippen molar-refractivity contribution in [1.82, 2.24) is 20.0 Å². The number of hydrogen-bond acceptors (Lipinski definition) is 6. The Morgan fingerprint density at radius 3 is 2.48 bits per heavy atom. The molecule has 1 aromatic carbocycles.